The van der Waals surface area contributed by atoms with Crippen LogP contribution in [0.3, 0.4) is 0 Å². The number of amides is 1. The van der Waals surface area contributed by atoms with Crippen LogP contribution in [-0.4, -0.2) is 37.9 Å². The molecule has 76 valence electrons. The second-order valence-corrected chi connectivity index (χ2v) is 3.40. The number of rotatable bonds is 4. The molecule has 0 spiro atoms. The van der Waals surface area contributed by atoms with Crippen LogP contribution in [0.1, 0.15) is 12.8 Å². The number of nitrogens with two attached hydrogens (primary N) is 2. The Morgan fingerprint density at radius 3 is 2.85 bits per heavy atom. The molecule has 1 aliphatic heterocycles. The van der Waals surface area contributed by atoms with Crippen molar-refractivity contribution in [3.8, 4) is 0 Å². The molecule has 0 aliphatic carbocycles. The second kappa shape index (κ2) is 4.04. The molecule has 1 saturated heterocycles. The molecule has 0 aromatic carbocycles. The van der Waals surface area contributed by atoms with E-state index in [0.29, 0.717) is 19.6 Å². The molecule has 0 saturated carbocycles. The van der Waals surface area contributed by atoms with Crippen molar-refractivity contribution >= 4 is 5.91 Å². The number of carbonyl (C=O) groups excluding carboxylic acids is 1. The van der Waals surface area contributed by atoms with Gasteiger partial charge < -0.3 is 20.9 Å². The summed E-state index contributed by atoms with van der Waals surface area (Å²) >= 11 is 0. The molecule has 5 nitrogen and oxygen atoms in total. The van der Waals surface area contributed by atoms with Gasteiger partial charge in [0.05, 0.1) is 18.2 Å². The monoisotopic (exact) mass is 188 g/mol. The lowest BCUT2D eigenvalue weighted by Gasteiger charge is -2.27. The number of primary amides is 1. The molecule has 0 bridgehead atoms. The fraction of sp³-hybridized carbons (Fsp3) is 0.875. The van der Waals surface area contributed by atoms with Crippen molar-refractivity contribution in [3.63, 3.8) is 0 Å². The average Bonchev–Trinajstić information content (AvgIpc) is 2.54. The number of carbonyl (C=O) groups is 1. The van der Waals surface area contributed by atoms with E-state index in [1.165, 1.54) is 0 Å². The van der Waals surface area contributed by atoms with E-state index in [1.54, 1.807) is 7.11 Å². The van der Waals surface area contributed by atoms with E-state index >= 15 is 0 Å². The lowest BCUT2D eigenvalue weighted by Crippen LogP contribution is -2.45. The number of hydrogen-bond acceptors (Lipinski definition) is 4. The van der Waals surface area contributed by atoms with Crippen molar-refractivity contribution in [3.05, 3.63) is 0 Å². The molecule has 0 aromatic rings. The van der Waals surface area contributed by atoms with Crippen molar-refractivity contribution in [2.24, 2.45) is 11.5 Å². The lowest BCUT2D eigenvalue weighted by atomic mass is 9.94. The van der Waals surface area contributed by atoms with Crippen LogP contribution in [0.4, 0.5) is 0 Å². The van der Waals surface area contributed by atoms with Gasteiger partial charge in [0.1, 0.15) is 0 Å². The van der Waals surface area contributed by atoms with E-state index in [0.717, 1.165) is 6.42 Å². The quantitative estimate of drug-likeness (QED) is 0.592. The van der Waals surface area contributed by atoms with E-state index in [2.05, 4.69) is 0 Å². The smallest absolute Gasteiger partial charge is 0.234 e. The summed E-state index contributed by atoms with van der Waals surface area (Å²) in [5.41, 5.74) is 10.2. The van der Waals surface area contributed by atoms with E-state index in [1.807, 2.05) is 0 Å². The van der Waals surface area contributed by atoms with Gasteiger partial charge in [0, 0.05) is 26.6 Å². The lowest BCUT2D eigenvalue weighted by molar-refractivity contribution is -0.121. The zero-order valence-electron chi connectivity index (χ0n) is 7.79. The highest BCUT2D eigenvalue weighted by atomic mass is 16.5. The highest BCUT2D eigenvalue weighted by Crippen LogP contribution is 2.26. The Morgan fingerprint density at radius 2 is 2.46 bits per heavy atom. The summed E-state index contributed by atoms with van der Waals surface area (Å²) in [4.78, 5) is 10.7. The van der Waals surface area contributed by atoms with Crippen molar-refractivity contribution in [1.29, 1.82) is 0 Å². The topological polar surface area (TPSA) is 87.6 Å². The maximum absolute atomic E-state index is 10.7. The molecule has 1 amide bonds. The van der Waals surface area contributed by atoms with Crippen LogP contribution in [0.5, 0.6) is 0 Å². The zero-order chi connectivity index (χ0) is 9.90. The molecule has 4 N–H and O–H groups in total. The first kappa shape index (κ1) is 10.4. The van der Waals surface area contributed by atoms with Gasteiger partial charge in [0.25, 0.3) is 0 Å². The predicted molar refractivity (Wildman–Crippen MR) is 47.0 cm³/mol. The zero-order valence-corrected chi connectivity index (χ0v) is 7.79. The third-order valence-electron chi connectivity index (χ3n) is 2.46. The van der Waals surface area contributed by atoms with Gasteiger partial charge in [-0.3, -0.25) is 4.79 Å². The van der Waals surface area contributed by atoms with Crippen LogP contribution in [0.2, 0.25) is 0 Å². The number of methoxy groups -OCH3 is 1. The summed E-state index contributed by atoms with van der Waals surface area (Å²) in [5.74, 6) is -0.497. The first-order valence-corrected chi connectivity index (χ1v) is 4.27. The van der Waals surface area contributed by atoms with E-state index in [9.17, 15) is 4.79 Å². The maximum atomic E-state index is 10.7. The van der Waals surface area contributed by atoms with Crippen LogP contribution >= 0.6 is 0 Å². The van der Waals surface area contributed by atoms with Gasteiger partial charge in [-0.25, -0.2) is 0 Å². The first-order valence-electron chi connectivity index (χ1n) is 4.27. The van der Waals surface area contributed by atoms with Gasteiger partial charge in [0.2, 0.25) is 5.91 Å². The van der Waals surface area contributed by atoms with Gasteiger partial charge >= 0.3 is 0 Å². The molecule has 13 heavy (non-hydrogen) atoms. The van der Waals surface area contributed by atoms with Crippen molar-refractivity contribution in [1.82, 2.24) is 0 Å². The number of hydrogen-bond donors (Lipinski definition) is 2. The normalized spacial score (nSPS) is 30.3. The van der Waals surface area contributed by atoms with Crippen molar-refractivity contribution in [2.45, 2.75) is 24.5 Å². The molecular formula is C8H16N2O3. The Balaban J connectivity index is 2.52. The van der Waals surface area contributed by atoms with Crippen LogP contribution < -0.4 is 11.5 Å². The average molecular weight is 188 g/mol. The molecule has 1 heterocycles. The van der Waals surface area contributed by atoms with Crippen LogP contribution in [0, 0.1) is 0 Å². The van der Waals surface area contributed by atoms with E-state index in [-0.39, 0.29) is 0 Å². The van der Waals surface area contributed by atoms with Crippen LogP contribution in [-0.2, 0) is 14.3 Å². The molecule has 2 unspecified atom stereocenters. The summed E-state index contributed by atoms with van der Waals surface area (Å²) in [5, 5.41) is 0. The largest absolute Gasteiger partial charge is 0.378 e. The van der Waals surface area contributed by atoms with Gasteiger partial charge in [-0.1, -0.05) is 0 Å². The van der Waals surface area contributed by atoms with Crippen molar-refractivity contribution < 1.29 is 14.3 Å². The molecule has 1 rings (SSSR count). The molecule has 1 fully saturated rings. The third kappa shape index (κ3) is 2.40. The second-order valence-electron chi connectivity index (χ2n) is 3.40. The van der Waals surface area contributed by atoms with E-state index < -0.39 is 17.6 Å². The summed E-state index contributed by atoms with van der Waals surface area (Å²) in [6.07, 6.45) is 1.20. The number of ether oxygens (including phenoxy) is 2. The van der Waals surface area contributed by atoms with Gasteiger partial charge in [-0.2, -0.15) is 0 Å². The summed E-state index contributed by atoms with van der Waals surface area (Å²) < 4.78 is 10.5. The first-order chi connectivity index (χ1) is 6.09. The minimum atomic E-state index is -0.651. The predicted octanol–water partition coefficient (Wildman–Crippen LogP) is -1.01. The summed E-state index contributed by atoms with van der Waals surface area (Å²) in [6.45, 7) is 1.14. The summed E-state index contributed by atoms with van der Waals surface area (Å²) in [6, 6.07) is -0.651. The minimum Gasteiger partial charge on any atom is -0.378 e. The highest BCUT2D eigenvalue weighted by molar-refractivity contribution is 5.79. The summed E-state index contributed by atoms with van der Waals surface area (Å²) in [7, 11) is 1.60. The van der Waals surface area contributed by atoms with E-state index in [4.69, 9.17) is 20.9 Å². The Morgan fingerprint density at radius 1 is 1.77 bits per heavy atom. The third-order valence-corrected chi connectivity index (χ3v) is 2.46. The van der Waals surface area contributed by atoms with Crippen LogP contribution in [0.15, 0.2) is 0 Å². The minimum absolute atomic E-state index is 0.408. The van der Waals surface area contributed by atoms with Gasteiger partial charge in [0.15, 0.2) is 0 Å². The molecular weight excluding hydrogens is 172 g/mol. The molecule has 1 aliphatic rings. The van der Waals surface area contributed by atoms with Crippen molar-refractivity contribution in [2.75, 3.05) is 20.3 Å². The highest BCUT2D eigenvalue weighted by Gasteiger charge is 2.37. The van der Waals surface area contributed by atoms with Gasteiger partial charge in [-0.05, 0) is 0 Å². The van der Waals surface area contributed by atoms with Crippen LogP contribution in [0.25, 0.3) is 0 Å². The molecule has 0 radical (unpaired) electrons. The fourth-order valence-corrected chi connectivity index (χ4v) is 1.50. The Kier molecular flexibility index (Phi) is 3.24. The Bertz CT molecular complexity index is 190. The van der Waals surface area contributed by atoms with Gasteiger partial charge in [-0.15, -0.1) is 0 Å². The molecule has 0 aromatic heterocycles. The maximum Gasteiger partial charge on any atom is 0.234 e. The molecule has 5 heteroatoms. The SMILES string of the molecule is COC1(CC(N)C(N)=O)CCOC1. The molecule has 2 atom stereocenters. The Hall–Kier alpha value is -0.650. The fourth-order valence-electron chi connectivity index (χ4n) is 1.50. The standard InChI is InChI=1S/C8H16N2O3/c1-12-8(2-3-13-5-8)4-6(9)7(10)11/h6H,2-5,9H2,1H3,(H2,10,11). The Labute approximate surface area is 77.4 Å².